The van der Waals surface area contributed by atoms with Gasteiger partial charge < -0.3 is 31.2 Å². The molecule has 2 aliphatic carbocycles. The van der Waals surface area contributed by atoms with Crippen LogP contribution in [0.25, 0.3) is 0 Å². The van der Waals surface area contributed by atoms with E-state index in [4.69, 9.17) is 50.0 Å². The summed E-state index contributed by atoms with van der Waals surface area (Å²) < 4.78 is 37.2. The number of halogens is 5. The highest BCUT2D eigenvalue weighted by Gasteiger charge is 2.25. The minimum Gasteiger partial charge on any atom is -0.445 e. The Morgan fingerprint density at radius 2 is 1.16 bits per heavy atom. The van der Waals surface area contributed by atoms with Gasteiger partial charge in [0.15, 0.2) is 22.6 Å². The van der Waals surface area contributed by atoms with Crippen molar-refractivity contribution < 1.29 is 27.8 Å². The number of carbonyl (C=O) groups is 2. The average molecular weight is 822 g/mol. The SMILES string of the molecule is Cc1nc(Cl)nc(Cl)c1F.Cc1nc(Cl)nc(N[C@@H]2CCC[C@H](NC(=O)OCc3ccccc3)C2)c1F.N[C@@H]1CCC[C@H](NC(=O)OCc2ccccc2)C1. The number of nitrogens with zero attached hydrogens (tertiary/aromatic N) is 4. The fourth-order valence-corrected chi connectivity index (χ4v) is 6.66. The van der Waals surface area contributed by atoms with Gasteiger partial charge in [0.05, 0.1) is 11.4 Å². The molecule has 0 unspecified atom stereocenters. The summed E-state index contributed by atoms with van der Waals surface area (Å²) in [7, 11) is 0. The Balaban J connectivity index is 0.000000205. The average Bonchev–Trinajstić information content (AvgIpc) is 3.16. The molecule has 2 saturated carbocycles. The Kier molecular flexibility index (Phi) is 17.5. The number of alkyl carbamates (subject to hydrolysis) is 2. The van der Waals surface area contributed by atoms with Gasteiger partial charge in [0.1, 0.15) is 13.2 Å². The van der Waals surface area contributed by atoms with Crippen LogP contribution in [0.4, 0.5) is 24.2 Å². The fourth-order valence-electron chi connectivity index (χ4n) is 5.98. The molecule has 0 spiro atoms. The summed E-state index contributed by atoms with van der Waals surface area (Å²) in [4.78, 5) is 38.3. The van der Waals surface area contributed by atoms with Crippen LogP contribution in [0.2, 0.25) is 15.7 Å². The number of carbonyl (C=O) groups excluding carboxylic acids is 2. The molecule has 0 saturated heterocycles. The van der Waals surface area contributed by atoms with E-state index in [0.29, 0.717) is 13.0 Å². The number of ether oxygens (including phenoxy) is 2. The van der Waals surface area contributed by atoms with E-state index >= 15 is 0 Å². The lowest BCUT2D eigenvalue weighted by molar-refractivity contribution is 0.131. The van der Waals surface area contributed by atoms with Gasteiger partial charge in [0.25, 0.3) is 0 Å². The fraction of sp³-hybridized carbons (Fsp3) is 0.421. The van der Waals surface area contributed by atoms with Gasteiger partial charge in [-0.2, -0.15) is 4.98 Å². The Morgan fingerprint density at radius 1 is 0.691 bits per heavy atom. The second-order valence-corrected chi connectivity index (χ2v) is 14.2. The Bertz CT molecular complexity index is 1810. The molecule has 12 nitrogen and oxygen atoms in total. The van der Waals surface area contributed by atoms with E-state index in [1.807, 2.05) is 60.7 Å². The zero-order valence-electron chi connectivity index (χ0n) is 30.5. The van der Waals surface area contributed by atoms with Crippen molar-refractivity contribution in [2.24, 2.45) is 5.73 Å². The molecular weight excluding hydrogens is 777 g/mol. The highest BCUT2D eigenvalue weighted by molar-refractivity contribution is 6.31. The Morgan fingerprint density at radius 3 is 1.69 bits per heavy atom. The number of rotatable bonds is 8. The lowest BCUT2D eigenvalue weighted by atomic mass is 9.91. The molecule has 55 heavy (non-hydrogen) atoms. The Hall–Kier alpha value is -4.37. The van der Waals surface area contributed by atoms with E-state index in [2.05, 4.69) is 35.9 Å². The van der Waals surface area contributed by atoms with Gasteiger partial charge in [0.2, 0.25) is 10.6 Å². The van der Waals surface area contributed by atoms with Crippen LogP contribution in [0.3, 0.4) is 0 Å². The zero-order chi connectivity index (χ0) is 39.7. The first-order valence-electron chi connectivity index (χ1n) is 17.9. The largest absolute Gasteiger partial charge is 0.445 e. The van der Waals surface area contributed by atoms with Gasteiger partial charge in [0, 0.05) is 24.2 Å². The zero-order valence-corrected chi connectivity index (χ0v) is 32.8. The summed E-state index contributed by atoms with van der Waals surface area (Å²) in [5.41, 5.74) is 8.16. The molecule has 4 atom stereocenters. The highest BCUT2D eigenvalue weighted by atomic mass is 35.5. The molecule has 6 rings (SSSR count). The van der Waals surface area contributed by atoms with Gasteiger partial charge in [-0.25, -0.2) is 33.3 Å². The number of amides is 2. The van der Waals surface area contributed by atoms with E-state index in [1.54, 1.807) is 6.92 Å². The summed E-state index contributed by atoms with van der Waals surface area (Å²) in [6.45, 7) is 3.55. The van der Waals surface area contributed by atoms with Crippen LogP contribution >= 0.6 is 34.8 Å². The highest BCUT2D eigenvalue weighted by Crippen LogP contribution is 2.25. The van der Waals surface area contributed by atoms with E-state index in [-0.39, 0.29) is 69.8 Å². The van der Waals surface area contributed by atoms with Gasteiger partial charge >= 0.3 is 12.2 Å². The molecule has 2 aliphatic rings. The van der Waals surface area contributed by atoms with Crippen molar-refractivity contribution in [1.82, 2.24) is 30.6 Å². The summed E-state index contributed by atoms with van der Waals surface area (Å²) >= 11 is 16.5. The first-order valence-corrected chi connectivity index (χ1v) is 19.0. The van der Waals surface area contributed by atoms with Crippen molar-refractivity contribution in [1.29, 1.82) is 0 Å². The second kappa shape index (κ2) is 22.2. The van der Waals surface area contributed by atoms with Crippen LogP contribution < -0.4 is 21.7 Å². The monoisotopic (exact) mass is 820 g/mol. The summed E-state index contributed by atoms with van der Waals surface area (Å²) in [5.74, 6) is -1.02. The van der Waals surface area contributed by atoms with Gasteiger partial charge in [-0.1, -0.05) is 72.3 Å². The molecule has 17 heteroatoms. The Labute approximate surface area is 334 Å². The smallest absolute Gasteiger partial charge is 0.407 e. The number of aromatic nitrogens is 4. The molecular formula is C38H45Cl3F2N8O4. The second-order valence-electron chi connectivity index (χ2n) is 13.2. The number of nitrogens with two attached hydrogens (primary N) is 1. The van der Waals surface area contributed by atoms with Crippen molar-refractivity contribution in [3.63, 3.8) is 0 Å². The predicted octanol–water partition coefficient (Wildman–Crippen LogP) is 8.64. The van der Waals surface area contributed by atoms with Crippen LogP contribution in [-0.2, 0) is 22.7 Å². The third kappa shape index (κ3) is 15.4. The minimum atomic E-state index is -0.619. The molecule has 296 valence electrons. The van der Waals surface area contributed by atoms with Crippen molar-refractivity contribution in [3.05, 3.63) is 111 Å². The van der Waals surface area contributed by atoms with Crippen LogP contribution in [-0.4, -0.2) is 56.3 Å². The van der Waals surface area contributed by atoms with Crippen molar-refractivity contribution in [3.8, 4) is 0 Å². The maximum absolute atomic E-state index is 14.2. The molecule has 0 aliphatic heterocycles. The van der Waals surface area contributed by atoms with Gasteiger partial charge in [-0.05, 0) is 99.5 Å². The van der Waals surface area contributed by atoms with Crippen LogP contribution in [0, 0.1) is 25.5 Å². The quantitative estimate of drug-likeness (QED) is 0.0999. The number of hydrogen-bond acceptors (Lipinski definition) is 10. The minimum absolute atomic E-state index is 0.00590. The topological polar surface area (TPSA) is 166 Å². The number of nitrogens with one attached hydrogen (secondary N) is 3. The number of hydrogen-bond donors (Lipinski definition) is 4. The predicted molar refractivity (Wildman–Crippen MR) is 208 cm³/mol. The van der Waals surface area contributed by atoms with E-state index in [0.717, 1.165) is 56.1 Å². The molecule has 2 heterocycles. The van der Waals surface area contributed by atoms with Gasteiger partial charge in [-0.3, -0.25) is 0 Å². The summed E-state index contributed by atoms with van der Waals surface area (Å²) in [6, 6.07) is 19.5. The molecule has 2 amide bonds. The van der Waals surface area contributed by atoms with E-state index < -0.39 is 17.7 Å². The van der Waals surface area contributed by atoms with Crippen molar-refractivity contribution in [2.45, 2.75) is 103 Å². The van der Waals surface area contributed by atoms with Crippen LogP contribution in [0.5, 0.6) is 0 Å². The first kappa shape index (κ1) is 43.4. The van der Waals surface area contributed by atoms with E-state index in [9.17, 15) is 18.4 Å². The number of anilines is 1. The third-order valence-electron chi connectivity index (χ3n) is 8.74. The molecule has 2 aromatic carbocycles. The maximum atomic E-state index is 14.2. The summed E-state index contributed by atoms with van der Waals surface area (Å²) in [6.07, 6.45) is 6.44. The lowest BCUT2D eigenvalue weighted by Crippen LogP contribution is -2.42. The number of benzene rings is 2. The molecule has 2 fully saturated rings. The molecule has 5 N–H and O–H groups in total. The normalized spacial score (nSPS) is 19.0. The molecule has 4 aromatic rings. The van der Waals surface area contributed by atoms with Crippen molar-refractivity contribution >= 4 is 52.8 Å². The standard InChI is InChI=1S/C19H22ClFN4O2.C14H20N2O2.C5H3Cl2FN2/c1-12-16(21)17(25-18(20)22-12)23-14-8-5-9-15(10-14)24-19(26)27-11-13-6-3-2-4-7-13;15-12-7-4-8-13(9-12)16-14(17)18-10-11-5-2-1-3-6-11;1-2-3(8)4(6)10-5(7)9-2/h2-4,6-7,14-15H,5,8-11H2,1H3,(H,24,26)(H,22,23,25);1-3,5-6,12-13H,4,7-10,15H2,(H,16,17);1H3/t14-,15+;12-,13+;/m11./s1. The van der Waals surface area contributed by atoms with E-state index in [1.165, 1.54) is 6.92 Å². The van der Waals surface area contributed by atoms with Crippen molar-refractivity contribution in [2.75, 3.05) is 5.32 Å². The molecule has 0 radical (unpaired) electrons. The van der Waals surface area contributed by atoms with Gasteiger partial charge in [-0.15, -0.1) is 0 Å². The first-order chi connectivity index (χ1) is 26.4. The molecule has 0 bridgehead atoms. The maximum Gasteiger partial charge on any atom is 0.407 e. The lowest BCUT2D eigenvalue weighted by Gasteiger charge is -2.30. The van der Waals surface area contributed by atoms with Crippen LogP contribution in [0.15, 0.2) is 60.7 Å². The molecule has 2 aromatic heterocycles. The third-order valence-corrected chi connectivity index (χ3v) is 9.33. The number of aryl methyl sites for hydroxylation is 2. The van der Waals surface area contributed by atoms with Crippen LogP contribution in [0.1, 0.15) is 73.9 Å². The summed E-state index contributed by atoms with van der Waals surface area (Å²) in [5, 5.41) is 8.59.